The number of aromatic nitrogens is 5. The molecule has 25 heavy (non-hydrogen) atoms. The molecule has 0 amide bonds. The van der Waals surface area contributed by atoms with E-state index in [0.717, 1.165) is 49.8 Å². The van der Waals surface area contributed by atoms with Crippen LogP contribution in [0.4, 0.5) is 0 Å². The first-order chi connectivity index (χ1) is 12.3. The first kappa shape index (κ1) is 16.0. The molecule has 1 unspecified atom stereocenters. The van der Waals surface area contributed by atoms with Gasteiger partial charge in [-0.3, -0.25) is 0 Å². The zero-order valence-electron chi connectivity index (χ0n) is 14.6. The standard InChI is InChI=1S/C19H24N6/c1-2-18-22-23-19-9-6-16(14-24(18)19)13-20-12-15-4-7-17(8-5-15)25-11-3-10-21-25/h3-5,7-8,10-11,16,20H,2,6,9,12-14H2,1H3. The van der Waals surface area contributed by atoms with Crippen LogP contribution in [0.3, 0.4) is 0 Å². The van der Waals surface area contributed by atoms with Gasteiger partial charge in [0.2, 0.25) is 0 Å². The summed E-state index contributed by atoms with van der Waals surface area (Å²) in [6.45, 7) is 5.11. The van der Waals surface area contributed by atoms with Gasteiger partial charge >= 0.3 is 0 Å². The number of benzene rings is 1. The van der Waals surface area contributed by atoms with Crippen molar-refractivity contribution in [1.82, 2.24) is 29.9 Å². The SMILES string of the molecule is CCc1nnc2n1CC(CNCc1ccc(-n3cccn3)cc1)CC2. The molecule has 0 radical (unpaired) electrons. The maximum absolute atomic E-state index is 4.30. The van der Waals surface area contributed by atoms with Crippen LogP contribution in [0.25, 0.3) is 5.69 Å². The summed E-state index contributed by atoms with van der Waals surface area (Å²) < 4.78 is 4.19. The Morgan fingerprint density at radius 1 is 1.20 bits per heavy atom. The Labute approximate surface area is 147 Å². The van der Waals surface area contributed by atoms with Crippen LogP contribution in [0.5, 0.6) is 0 Å². The number of nitrogens with zero attached hydrogens (tertiary/aromatic N) is 5. The molecule has 3 heterocycles. The zero-order chi connectivity index (χ0) is 17.1. The normalized spacial score (nSPS) is 16.8. The van der Waals surface area contributed by atoms with Crippen LogP contribution in [-0.4, -0.2) is 31.1 Å². The average molecular weight is 336 g/mol. The monoisotopic (exact) mass is 336 g/mol. The molecule has 6 heteroatoms. The highest BCUT2D eigenvalue weighted by Gasteiger charge is 2.21. The van der Waals surface area contributed by atoms with Gasteiger partial charge in [-0.15, -0.1) is 10.2 Å². The number of rotatable bonds is 6. The van der Waals surface area contributed by atoms with Gasteiger partial charge in [0, 0.05) is 38.3 Å². The largest absolute Gasteiger partial charge is 0.315 e. The van der Waals surface area contributed by atoms with Crippen molar-refractivity contribution in [1.29, 1.82) is 0 Å². The Bertz CT molecular complexity index is 790. The van der Waals surface area contributed by atoms with Crippen molar-refractivity contribution >= 4 is 0 Å². The van der Waals surface area contributed by atoms with Crippen LogP contribution in [0.2, 0.25) is 0 Å². The predicted octanol–water partition coefficient (Wildman–Crippen LogP) is 2.38. The van der Waals surface area contributed by atoms with E-state index in [2.05, 4.69) is 56.4 Å². The fourth-order valence-electron chi connectivity index (χ4n) is 3.49. The van der Waals surface area contributed by atoms with Gasteiger partial charge in [0.05, 0.1) is 5.69 Å². The number of hydrogen-bond donors (Lipinski definition) is 1. The third-order valence-corrected chi connectivity index (χ3v) is 4.90. The highest BCUT2D eigenvalue weighted by Crippen LogP contribution is 2.20. The lowest BCUT2D eigenvalue weighted by Gasteiger charge is -2.24. The fraction of sp³-hybridized carbons (Fsp3) is 0.421. The van der Waals surface area contributed by atoms with Gasteiger partial charge in [0.25, 0.3) is 0 Å². The second-order valence-electron chi connectivity index (χ2n) is 6.65. The van der Waals surface area contributed by atoms with Gasteiger partial charge in [-0.1, -0.05) is 19.1 Å². The number of aryl methyl sites for hydroxylation is 2. The second-order valence-corrected chi connectivity index (χ2v) is 6.65. The molecule has 4 rings (SSSR count). The summed E-state index contributed by atoms with van der Waals surface area (Å²) in [6.07, 6.45) is 6.94. The molecule has 0 bridgehead atoms. The molecule has 1 aliphatic rings. The van der Waals surface area contributed by atoms with Crippen molar-refractivity contribution in [3.8, 4) is 5.69 Å². The third kappa shape index (κ3) is 3.49. The zero-order valence-corrected chi connectivity index (χ0v) is 14.6. The average Bonchev–Trinajstić information content (AvgIpc) is 3.32. The summed E-state index contributed by atoms with van der Waals surface area (Å²) in [6, 6.07) is 10.5. The van der Waals surface area contributed by atoms with E-state index < -0.39 is 0 Å². The maximum atomic E-state index is 4.30. The second kappa shape index (κ2) is 7.19. The molecular weight excluding hydrogens is 312 g/mol. The molecular formula is C19H24N6. The van der Waals surface area contributed by atoms with Crippen molar-refractivity contribution in [3.63, 3.8) is 0 Å². The fourth-order valence-corrected chi connectivity index (χ4v) is 3.49. The molecule has 130 valence electrons. The van der Waals surface area contributed by atoms with E-state index in [0.29, 0.717) is 5.92 Å². The van der Waals surface area contributed by atoms with Crippen molar-refractivity contribution in [2.75, 3.05) is 6.54 Å². The summed E-state index contributed by atoms with van der Waals surface area (Å²) in [7, 11) is 0. The minimum atomic E-state index is 0.650. The quantitative estimate of drug-likeness (QED) is 0.751. The molecule has 1 aromatic carbocycles. The van der Waals surface area contributed by atoms with Gasteiger partial charge in [-0.2, -0.15) is 5.10 Å². The molecule has 0 saturated carbocycles. The molecule has 0 spiro atoms. The van der Waals surface area contributed by atoms with Gasteiger partial charge < -0.3 is 9.88 Å². The number of fused-ring (bicyclic) bond motifs is 1. The van der Waals surface area contributed by atoms with Crippen molar-refractivity contribution in [2.45, 2.75) is 39.3 Å². The van der Waals surface area contributed by atoms with E-state index in [9.17, 15) is 0 Å². The van der Waals surface area contributed by atoms with Crippen LogP contribution in [0, 0.1) is 5.92 Å². The van der Waals surface area contributed by atoms with E-state index in [1.165, 1.54) is 12.0 Å². The van der Waals surface area contributed by atoms with E-state index in [1.807, 2.05) is 16.9 Å². The van der Waals surface area contributed by atoms with Crippen LogP contribution >= 0.6 is 0 Å². The van der Waals surface area contributed by atoms with Crippen molar-refractivity contribution in [3.05, 3.63) is 59.9 Å². The Kier molecular flexibility index (Phi) is 4.61. The Balaban J connectivity index is 1.29. The number of nitrogens with one attached hydrogen (secondary N) is 1. The predicted molar refractivity (Wildman–Crippen MR) is 96.5 cm³/mol. The lowest BCUT2D eigenvalue weighted by molar-refractivity contribution is 0.342. The topological polar surface area (TPSA) is 60.6 Å². The highest BCUT2D eigenvalue weighted by molar-refractivity contribution is 5.33. The lowest BCUT2D eigenvalue weighted by atomic mass is 9.99. The lowest BCUT2D eigenvalue weighted by Crippen LogP contribution is -2.30. The van der Waals surface area contributed by atoms with Crippen LogP contribution < -0.4 is 5.32 Å². The molecule has 0 fully saturated rings. The molecule has 2 aromatic heterocycles. The van der Waals surface area contributed by atoms with E-state index >= 15 is 0 Å². The molecule has 0 saturated heterocycles. The van der Waals surface area contributed by atoms with E-state index in [4.69, 9.17) is 0 Å². The highest BCUT2D eigenvalue weighted by atomic mass is 15.3. The van der Waals surface area contributed by atoms with E-state index in [1.54, 1.807) is 6.20 Å². The summed E-state index contributed by atoms with van der Waals surface area (Å²) in [4.78, 5) is 0. The summed E-state index contributed by atoms with van der Waals surface area (Å²) in [5, 5.41) is 16.5. The first-order valence-corrected chi connectivity index (χ1v) is 9.04. The van der Waals surface area contributed by atoms with Crippen LogP contribution in [0.15, 0.2) is 42.7 Å². The number of hydrogen-bond acceptors (Lipinski definition) is 4. The molecule has 1 atom stereocenters. The smallest absolute Gasteiger partial charge is 0.133 e. The third-order valence-electron chi connectivity index (χ3n) is 4.90. The van der Waals surface area contributed by atoms with Gasteiger partial charge in [0.1, 0.15) is 11.6 Å². The Morgan fingerprint density at radius 3 is 2.84 bits per heavy atom. The molecule has 3 aromatic rings. The minimum Gasteiger partial charge on any atom is -0.315 e. The molecule has 6 nitrogen and oxygen atoms in total. The summed E-state index contributed by atoms with van der Waals surface area (Å²) in [5.74, 6) is 2.92. The van der Waals surface area contributed by atoms with Gasteiger partial charge in [-0.25, -0.2) is 4.68 Å². The van der Waals surface area contributed by atoms with Gasteiger partial charge in [-0.05, 0) is 42.6 Å². The van der Waals surface area contributed by atoms with E-state index in [-0.39, 0.29) is 0 Å². The minimum absolute atomic E-state index is 0.650. The molecule has 0 aliphatic carbocycles. The van der Waals surface area contributed by atoms with Crippen LogP contribution in [-0.2, 0) is 25.9 Å². The first-order valence-electron chi connectivity index (χ1n) is 9.04. The van der Waals surface area contributed by atoms with Crippen molar-refractivity contribution < 1.29 is 0 Å². The molecule has 1 N–H and O–H groups in total. The summed E-state index contributed by atoms with van der Waals surface area (Å²) >= 11 is 0. The summed E-state index contributed by atoms with van der Waals surface area (Å²) in [5.41, 5.74) is 2.39. The Hall–Kier alpha value is -2.47. The van der Waals surface area contributed by atoms with Crippen LogP contribution in [0.1, 0.15) is 30.6 Å². The van der Waals surface area contributed by atoms with Gasteiger partial charge in [0.15, 0.2) is 0 Å². The Morgan fingerprint density at radius 2 is 2.08 bits per heavy atom. The van der Waals surface area contributed by atoms with Crippen molar-refractivity contribution in [2.24, 2.45) is 5.92 Å². The molecule has 1 aliphatic heterocycles. The maximum Gasteiger partial charge on any atom is 0.133 e.